The second-order valence-electron chi connectivity index (χ2n) is 3.48. The van der Waals surface area contributed by atoms with Crippen LogP contribution < -0.4 is 5.73 Å². The molecule has 1 aliphatic rings. The van der Waals surface area contributed by atoms with E-state index >= 15 is 0 Å². The van der Waals surface area contributed by atoms with Gasteiger partial charge in [-0.2, -0.15) is 0 Å². The third-order valence-electron chi connectivity index (χ3n) is 2.41. The molecule has 1 saturated carbocycles. The Morgan fingerprint density at radius 2 is 1.92 bits per heavy atom. The van der Waals surface area contributed by atoms with Gasteiger partial charge in [0, 0.05) is 5.54 Å². The first-order valence-corrected chi connectivity index (χ1v) is 4.83. The van der Waals surface area contributed by atoms with Crippen molar-refractivity contribution < 1.29 is 10.2 Å². The van der Waals surface area contributed by atoms with Gasteiger partial charge in [-0.25, -0.2) is 0 Å². The standard InChI is InChI=1S/C9H10BrNO2/c10-6-3-5(9(11)1-2-9)4-7(12)8(6)13/h3-4,12-13H,1-2,11H2. The summed E-state index contributed by atoms with van der Waals surface area (Å²) < 4.78 is 0.485. The number of phenols is 2. The average molecular weight is 244 g/mol. The highest BCUT2D eigenvalue weighted by atomic mass is 79.9. The fraction of sp³-hybridized carbons (Fsp3) is 0.333. The van der Waals surface area contributed by atoms with Crippen molar-refractivity contribution in [2.45, 2.75) is 18.4 Å². The van der Waals surface area contributed by atoms with Gasteiger partial charge in [-0.3, -0.25) is 0 Å². The molecule has 1 aromatic carbocycles. The van der Waals surface area contributed by atoms with Gasteiger partial charge in [0.25, 0.3) is 0 Å². The van der Waals surface area contributed by atoms with E-state index in [2.05, 4.69) is 15.9 Å². The van der Waals surface area contributed by atoms with Crippen LogP contribution in [0.1, 0.15) is 18.4 Å². The molecule has 0 aromatic heterocycles. The topological polar surface area (TPSA) is 66.5 Å². The first kappa shape index (κ1) is 8.84. The minimum atomic E-state index is -0.284. The molecule has 1 aromatic rings. The summed E-state index contributed by atoms with van der Waals surface area (Å²) in [5, 5.41) is 18.6. The first-order valence-electron chi connectivity index (χ1n) is 4.04. The van der Waals surface area contributed by atoms with Crippen molar-refractivity contribution >= 4 is 15.9 Å². The first-order chi connectivity index (χ1) is 6.03. The van der Waals surface area contributed by atoms with Crippen LogP contribution in [0.25, 0.3) is 0 Å². The van der Waals surface area contributed by atoms with Crippen LogP contribution in [0.4, 0.5) is 0 Å². The lowest BCUT2D eigenvalue weighted by atomic mass is 10.1. The fourth-order valence-corrected chi connectivity index (χ4v) is 1.75. The predicted octanol–water partition coefficient (Wildman–Crippen LogP) is 1.81. The lowest BCUT2D eigenvalue weighted by Gasteiger charge is -2.11. The summed E-state index contributed by atoms with van der Waals surface area (Å²) in [7, 11) is 0. The van der Waals surface area contributed by atoms with Crippen molar-refractivity contribution in [3.8, 4) is 11.5 Å². The highest BCUT2D eigenvalue weighted by molar-refractivity contribution is 9.10. The van der Waals surface area contributed by atoms with Gasteiger partial charge >= 0.3 is 0 Å². The Bertz CT molecular complexity index is 338. The zero-order valence-corrected chi connectivity index (χ0v) is 8.50. The Labute approximate surface area is 84.3 Å². The third-order valence-corrected chi connectivity index (χ3v) is 3.01. The third kappa shape index (κ3) is 1.40. The second kappa shape index (κ2) is 2.62. The van der Waals surface area contributed by atoms with Crippen LogP contribution in [0, 0.1) is 0 Å². The van der Waals surface area contributed by atoms with Crippen LogP contribution in [0.15, 0.2) is 16.6 Å². The number of hydrogen-bond donors (Lipinski definition) is 3. The zero-order valence-electron chi connectivity index (χ0n) is 6.92. The molecular formula is C9H10BrNO2. The van der Waals surface area contributed by atoms with Crippen molar-refractivity contribution in [1.82, 2.24) is 0 Å². The van der Waals surface area contributed by atoms with E-state index in [0.29, 0.717) is 4.47 Å². The van der Waals surface area contributed by atoms with Gasteiger partial charge in [0.1, 0.15) is 0 Å². The zero-order chi connectivity index (χ0) is 9.64. The summed E-state index contributed by atoms with van der Waals surface area (Å²) in [5.74, 6) is -0.255. The summed E-state index contributed by atoms with van der Waals surface area (Å²) in [4.78, 5) is 0. The van der Waals surface area contributed by atoms with Crippen LogP contribution in [0.5, 0.6) is 11.5 Å². The molecule has 1 aliphatic carbocycles. The van der Waals surface area contributed by atoms with Gasteiger partial charge in [0.2, 0.25) is 0 Å². The molecule has 0 amide bonds. The molecule has 0 aliphatic heterocycles. The summed E-state index contributed by atoms with van der Waals surface area (Å²) >= 11 is 3.15. The van der Waals surface area contributed by atoms with Gasteiger partial charge in [-0.05, 0) is 46.5 Å². The molecule has 3 nitrogen and oxygen atoms in total. The van der Waals surface area contributed by atoms with E-state index in [0.717, 1.165) is 18.4 Å². The molecule has 0 unspecified atom stereocenters. The summed E-state index contributed by atoms with van der Waals surface area (Å²) in [5.41, 5.74) is 6.53. The van der Waals surface area contributed by atoms with Crippen LogP contribution in [-0.4, -0.2) is 10.2 Å². The van der Waals surface area contributed by atoms with Crippen LogP contribution in [0.3, 0.4) is 0 Å². The quantitative estimate of drug-likeness (QED) is 0.660. The van der Waals surface area contributed by atoms with Crippen LogP contribution in [-0.2, 0) is 5.54 Å². The maximum absolute atomic E-state index is 9.34. The van der Waals surface area contributed by atoms with Gasteiger partial charge in [0.15, 0.2) is 11.5 Å². The molecule has 70 valence electrons. The maximum Gasteiger partial charge on any atom is 0.171 e. The summed E-state index contributed by atoms with van der Waals surface area (Å²) in [6.07, 6.45) is 1.87. The monoisotopic (exact) mass is 243 g/mol. The van der Waals surface area contributed by atoms with E-state index in [4.69, 9.17) is 5.73 Å². The van der Waals surface area contributed by atoms with E-state index in [9.17, 15) is 10.2 Å². The normalized spacial score (nSPS) is 18.6. The predicted molar refractivity (Wildman–Crippen MR) is 52.6 cm³/mol. The van der Waals surface area contributed by atoms with Crippen molar-refractivity contribution in [2.75, 3.05) is 0 Å². The lowest BCUT2D eigenvalue weighted by Crippen LogP contribution is -2.18. The number of halogens is 1. The molecule has 4 heteroatoms. The van der Waals surface area contributed by atoms with Crippen molar-refractivity contribution in [3.63, 3.8) is 0 Å². The van der Waals surface area contributed by atoms with E-state index in [1.165, 1.54) is 6.07 Å². The van der Waals surface area contributed by atoms with Gasteiger partial charge in [-0.1, -0.05) is 0 Å². The largest absolute Gasteiger partial charge is 0.504 e. The van der Waals surface area contributed by atoms with E-state index in [1.807, 2.05) is 0 Å². The summed E-state index contributed by atoms with van der Waals surface area (Å²) in [6, 6.07) is 3.27. The molecule has 1 fully saturated rings. The smallest absolute Gasteiger partial charge is 0.171 e. The van der Waals surface area contributed by atoms with Crippen molar-refractivity contribution in [1.29, 1.82) is 0 Å². The van der Waals surface area contributed by atoms with Crippen molar-refractivity contribution in [3.05, 3.63) is 22.2 Å². The van der Waals surface area contributed by atoms with E-state index in [1.54, 1.807) is 6.07 Å². The SMILES string of the molecule is NC1(c2cc(O)c(O)c(Br)c2)CC1. The van der Waals surface area contributed by atoms with E-state index < -0.39 is 0 Å². The summed E-state index contributed by atoms with van der Waals surface area (Å²) in [6.45, 7) is 0. The number of aromatic hydroxyl groups is 2. The van der Waals surface area contributed by atoms with E-state index in [-0.39, 0.29) is 17.0 Å². The molecule has 0 saturated heterocycles. The minimum absolute atomic E-state index is 0.124. The molecule has 0 heterocycles. The van der Waals surface area contributed by atoms with Crippen molar-refractivity contribution in [2.24, 2.45) is 5.73 Å². The Hall–Kier alpha value is -0.740. The molecule has 0 bridgehead atoms. The fourth-order valence-electron chi connectivity index (χ4n) is 1.30. The number of hydrogen-bond acceptors (Lipinski definition) is 3. The molecule has 2 rings (SSSR count). The Balaban J connectivity index is 2.50. The molecule has 4 N–H and O–H groups in total. The van der Waals surface area contributed by atoms with Crippen LogP contribution in [0.2, 0.25) is 0 Å². The number of nitrogens with two attached hydrogens (primary N) is 1. The molecule has 0 atom stereocenters. The molecule has 0 radical (unpaired) electrons. The molecular weight excluding hydrogens is 234 g/mol. The van der Waals surface area contributed by atoms with Gasteiger partial charge in [0.05, 0.1) is 4.47 Å². The molecule has 13 heavy (non-hydrogen) atoms. The van der Waals surface area contributed by atoms with Gasteiger partial charge < -0.3 is 15.9 Å². The number of phenolic OH excluding ortho intramolecular Hbond substituents is 2. The Morgan fingerprint density at radius 1 is 1.31 bits per heavy atom. The highest BCUT2D eigenvalue weighted by Crippen LogP contribution is 2.46. The second-order valence-corrected chi connectivity index (χ2v) is 4.34. The maximum atomic E-state index is 9.34. The lowest BCUT2D eigenvalue weighted by molar-refractivity contribution is 0.400. The van der Waals surface area contributed by atoms with Gasteiger partial charge in [-0.15, -0.1) is 0 Å². The molecule has 0 spiro atoms. The highest BCUT2D eigenvalue weighted by Gasteiger charge is 2.40. The minimum Gasteiger partial charge on any atom is -0.504 e. The Kier molecular flexibility index (Phi) is 1.78. The number of rotatable bonds is 1. The Morgan fingerprint density at radius 3 is 2.38 bits per heavy atom. The van der Waals surface area contributed by atoms with Crippen LogP contribution >= 0.6 is 15.9 Å². The average Bonchev–Trinajstić information content (AvgIpc) is 2.80. The number of benzene rings is 1.